The number of nitrogens with one attached hydrogen (secondary N) is 1. The zero-order chi connectivity index (χ0) is 25.1. The predicted octanol–water partition coefficient (Wildman–Crippen LogP) is 4.24. The van der Waals surface area contributed by atoms with Crippen LogP contribution in [0.4, 0.5) is 10.2 Å². The quantitative estimate of drug-likeness (QED) is 0.369. The molecule has 4 aromatic rings. The Morgan fingerprint density at radius 2 is 1.75 bits per heavy atom. The molecular formula is C26H30FN7O2. The molecule has 1 aliphatic carbocycles. The normalized spacial score (nSPS) is 19.9. The van der Waals surface area contributed by atoms with Crippen LogP contribution in [-0.4, -0.2) is 61.7 Å². The number of nitrogens with zero attached hydrogens (tertiary/aromatic N) is 6. The molecule has 1 unspecified atom stereocenters. The number of aryl methyl sites for hydroxylation is 2. The topological polar surface area (TPSA) is 91.9 Å². The monoisotopic (exact) mass is 491 g/mol. The Morgan fingerprint density at radius 1 is 1.00 bits per heavy atom. The molecule has 10 heteroatoms. The minimum Gasteiger partial charge on any atom is -0.364 e. The molecule has 0 amide bonds. The first-order valence-electron chi connectivity index (χ1n) is 12.0. The smallest absolute Gasteiger partial charge is 0.161 e. The molecule has 0 bridgehead atoms. The van der Waals surface area contributed by atoms with E-state index in [2.05, 4.69) is 20.5 Å². The van der Waals surface area contributed by atoms with E-state index in [-0.39, 0.29) is 12.8 Å². The summed E-state index contributed by atoms with van der Waals surface area (Å²) in [5.41, 5.74) is 4.57. The van der Waals surface area contributed by atoms with Gasteiger partial charge in [0, 0.05) is 62.0 Å². The van der Waals surface area contributed by atoms with Crippen molar-refractivity contribution in [1.82, 2.24) is 29.5 Å². The zero-order valence-corrected chi connectivity index (χ0v) is 20.6. The molecule has 0 spiro atoms. The molecule has 3 heterocycles. The van der Waals surface area contributed by atoms with Crippen molar-refractivity contribution in [3.05, 3.63) is 55.2 Å². The van der Waals surface area contributed by atoms with Gasteiger partial charge in [0.2, 0.25) is 0 Å². The van der Waals surface area contributed by atoms with Crippen LogP contribution < -0.4 is 5.32 Å². The van der Waals surface area contributed by atoms with Gasteiger partial charge in [0.15, 0.2) is 5.82 Å². The van der Waals surface area contributed by atoms with Gasteiger partial charge in [-0.2, -0.15) is 10.2 Å². The number of hydrogen-bond donors (Lipinski definition) is 1. The summed E-state index contributed by atoms with van der Waals surface area (Å²) < 4.78 is 29.1. The fourth-order valence-electron chi connectivity index (χ4n) is 4.62. The van der Waals surface area contributed by atoms with Gasteiger partial charge in [0.1, 0.15) is 24.9 Å². The van der Waals surface area contributed by atoms with E-state index < -0.39 is 12.3 Å². The number of benzene rings is 1. The van der Waals surface area contributed by atoms with Crippen molar-refractivity contribution >= 4 is 5.82 Å². The lowest BCUT2D eigenvalue weighted by molar-refractivity contribution is -0.111. The van der Waals surface area contributed by atoms with Gasteiger partial charge in [0.25, 0.3) is 0 Å². The number of halogens is 1. The van der Waals surface area contributed by atoms with Crippen molar-refractivity contribution in [1.29, 1.82) is 0 Å². The minimum atomic E-state index is -1.08. The number of anilines is 1. The van der Waals surface area contributed by atoms with Gasteiger partial charge in [0.05, 0.1) is 18.4 Å². The molecule has 0 saturated heterocycles. The average Bonchev–Trinajstić information content (AvgIpc) is 3.52. The first-order chi connectivity index (χ1) is 17.5. The third-order valence-electron chi connectivity index (χ3n) is 6.41. The van der Waals surface area contributed by atoms with E-state index in [1.54, 1.807) is 21.8 Å². The molecule has 3 aromatic heterocycles. The highest BCUT2D eigenvalue weighted by Crippen LogP contribution is 2.33. The molecule has 0 radical (unpaired) electrons. The first kappa shape index (κ1) is 24.1. The predicted molar refractivity (Wildman–Crippen MR) is 135 cm³/mol. The third-order valence-corrected chi connectivity index (χ3v) is 6.41. The molecule has 36 heavy (non-hydrogen) atoms. The van der Waals surface area contributed by atoms with Crippen LogP contribution in [-0.2, 0) is 23.6 Å². The highest BCUT2D eigenvalue weighted by molar-refractivity contribution is 5.76. The van der Waals surface area contributed by atoms with Crippen molar-refractivity contribution in [3.8, 4) is 33.6 Å². The SMILES string of the molecule is COCO[C@@H]1C(F)CCC[C@@H]1Nc1nc(-c2cccc(-c3cnn(C)c3)c2)ncc1-c1cnn(C)c1. The Labute approximate surface area is 209 Å². The maximum Gasteiger partial charge on any atom is 0.161 e. The van der Waals surface area contributed by atoms with Gasteiger partial charge in [-0.25, -0.2) is 14.4 Å². The van der Waals surface area contributed by atoms with Crippen LogP contribution in [0.15, 0.2) is 55.2 Å². The lowest BCUT2D eigenvalue weighted by atomic mass is 9.90. The van der Waals surface area contributed by atoms with Crippen LogP contribution in [0.2, 0.25) is 0 Å². The second kappa shape index (κ2) is 10.5. The highest BCUT2D eigenvalue weighted by atomic mass is 19.1. The molecule has 3 atom stereocenters. The average molecular weight is 492 g/mol. The van der Waals surface area contributed by atoms with Gasteiger partial charge in [-0.15, -0.1) is 0 Å². The molecule has 9 nitrogen and oxygen atoms in total. The third kappa shape index (κ3) is 5.14. The van der Waals surface area contributed by atoms with E-state index in [4.69, 9.17) is 14.5 Å². The molecule has 1 aromatic carbocycles. The summed E-state index contributed by atoms with van der Waals surface area (Å²) in [5, 5.41) is 12.1. The minimum absolute atomic E-state index is 0.0366. The van der Waals surface area contributed by atoms with Crippen LogP contribution in [0.1, 0.15) is 19.3 Å². The number of rotatable bonds is 8. The summed E-state index contributed by atoms with van der Waals surface area (Å²) >= 11 is 0. The van der Waals surface area contributed by atoms with Gasteiger partial charge >= 0.3 is 0 Å². The lowest BCUT2D eigenvalue weighted by Crippen LogP contribution is -2.46. The van der Waals surface area contributed by atoms with Crippen LogP contribution in [0.3, 0.4) is 0 Å². The maximum absolute atomic E-state index is 14.8. The second-order valence-electron chi connectivity index (χ2n) is 9.08. The van der Waals surface area contributed by atoms with Crippen molar-refractivity contribution in [2.24, 2.45) is 14.1 Å². The van der Waals surface area contributed by atoms with Crippen LogP contribution >= 0.6 is 0 Å². The van der Waals surface area contributed by atoms with E-state index in [0.29, 0.717) is 18.1 Å². The van der Waals surface area contributed by atoms with E-state index in [1.165, 1.54) is 7.11 Å². The van der Waals surface area contributed by atoms with Crippen molar-refractivity contribution in [3.63, 3.8) is 0 Å². The first-order valence-corrected chi connectivity index (χ1v) is 12.0. The molecule has 5 rings (SSSR count). The summed E-state index contributed by atoms with van der Waals surface area (Å²) in [6, 6.07) is 7.77. The largest absolute Gasteiger partial charge is 0.364 e. The number of alkyl halides is 1. The molecule has 1 saturated carbocycles. The Balaban J connectivity index is 1.52. The van der Waals surface area contributed by atoms with Crippen molar-refractivity contribution in [2.75, 3.05) is 19.2 Å². The molecule has 0 aliphatic heterocycles. The number of aromatic nitrogens is 6. The van der Waals surface area contributed by atoms with E-state index in [1.807, 2.05) is 57.0 Å². The van der Waals surface area contributed by atoms with Gasteiger partial charge in [-0.05, 0) is 30.9 Å². The van der Waals surface area contributed by atoms with E-state index in [0.717, 1.165) is 40.7 Å². The Kier molecular flexibility index (Phi) is 7.06. The summed E-state index contributed by atoms with van der Waals surface area (Å²) in [4.78, 5) is 9.59. The second-order valence-corrected chi connectivity index (χ2v) is 9.08. The molecule has 1 aliphatic rings. The fraction of sp³-hybridized carbons (Fsp3) is 0.385. The van der Waals surface area contributed by atoms with Crippen molar-refractivity contribution in [2.45, 2.75) is 37.6 Å². The maximum atomic E-state index is 14.8. The van der Waals surface area contributed by atoms with E-state index >= 15 is 0 Å². The molecule has 188 valence electrons. The molecule has 1 fully saturated rings. The molecular weight excluding hydrogens is 461 g/mol. The summed E-state index contributed by atoms with van der Waals surface area (Å²) in [7, 11) is 5.29. The Morgan fingerprint density at radius 3 is 2.47 bits per heavy atom. The molecule has 1 N–H and O–H groups in total. The lowest BCUT2D eigenvalue weighted by Gasteiger charge is -2.35. The summed E-state index contributed by atoms with van der Waals surface area (Å²) in [6.45, 7) is 0.0366. The summed E-state index contributed by atoms with van der Waals surface area (Å²) in [5.74, 6) is 1.18. The van der Waals surface area contributed by atoms with Gasteiger partial charge in [-0.3, -0.25) is 9.36 Å². The van der Waals surface area contributed by atoms with Crippen LogP contribution in [0.5, 0.6) is 0 Å². The highest BCUT2D eigenvalue weighted by Gasteiger charge is 2.35. The van der Waals surface area contributed by atoms with Gasteiger partial charge in [-0.1, -0.05) is 18.2 Å². The number of hydrogen-bond acceptors (Lipinski definition) is 7. The standard InChI is InChI=1S/C26H30FN7O2/c1-33-14-19(11-29-33)17-6-4-7-18(10-17)25-28-13-21(20-12-30-34(2)15-20)26(32-25)31-23-9-5-8-22(27)24(23)36-16-35-3/h4,6-7,10-15,22-24H,5,8-9,16H2,1-3H3,(H,28,31,32)/t22?,23-,24+/m0/s1. The van der Waals surface area contributed by atoms with Crippen LogP contribution in [0.25, 0.3) is 33.6 Å². The zero-order valence-electron chi connectivity index (χ0n) is 20.6. The Hall–Kier alpha value is -3.63. The van der Waals surface area contributed by atoms with Crippen molar-refractivity contribution < 1.29 is 13.9 Å². The van der Waals surface area contributed by atoms with E-state index in [9.17, 15) is 4.39 Å². The number of ether oxygens (including phenoxy) is 2. The Bertz CT molecular complexity index is 1320. The van der Waals surface area contributed by atoms with Gasteiger partial charge < -0.3 is 14.8 Å². The summed E-state index contributed by atoms with van der Waals surface area (Å²) in [6.07, 6.45) is 9.55. The fourth-order valence-corrected chi connectivity index (χ4v) is 4.62. The van der Waals surface area contributed by atoms with Crippen LogP contribution in [0, 0.1) is 0 Å². The number of methoxy groups -OCH3 is 1.